The topological polar surface area (TPSA) is 75.1 Å². The van der Waals surface area contributed by atoms with E-state index in [2.05, 4.69) is 15.3 Å². The molecule has 0 aliphatic carbocycles. The second-order valence-corrected chi connectivity index (χ2v) is 4.28. The number of nitrogens with one attached hydrogen (secondary N) is 1. The largest absolute Gasteiger partial charge is 0.477 e. The summed E-state index contributed by atoms with van der Waals surface area (Å²) >= 11 is 0. The number of hydrogen-bond donors (Lipinski definition) is 2. The van der Waals surface area contributed by atoms with Crippen LogP contribution in [0, 0.1) is 0 Å². The van der Waals surface area contributed by atoms with Gasteiger partial charge in [-0.1, -0.05) is 18.2 Å². The van der Waals surface area contributed by atoms with Gasteiger partial charge in [-0.25, -0.2) is 9.78 Å². The lowest BCUT2D eigenvalue weighted by Gasteiger charge is -2.07. The average Bonchev–Trinajstić information content (AvgIpc) is 2.48. The number of carbonyl (C=O) groups is 1. The fourth-order valence-electron chi connectivity index (χ4n) is 1.90. The molecular formula is C15H11N3O2. The van der Waals surface area contributed by atoms with Crippen molar-refractivity contribution in [2.45, 2.75) is 0 Å². The summed E-state index contributed by atoms with van der Waals surface area (Å²) in [5, 5.41) is 13.0. The van der Waals surface area contributed by atoms with Crippen LogP contribution in [-0.2, 0) is 0 Å². The fourth-order valence-corrected chi connectivity index (χ4v) is 1.90. The number of anilines is 2. The van der Waals surface area contributed by atoms with Gasteiger partial charge in [0.1, 0.15) is 5.69 Å². The highest BCUT2D eigenvalue weighted by Crippen LogP contribution is 2.19. The lowest BCUT2D eigenvalue weighted by molar-refractivity contribution is 0.0690. The Morgan fingerprint density at radius 2 is 1.80 bits per heavy atom. The Labute approximate surface area is 114 Å². The molecule has 2 aromatic heterocycles. The van der Waals surface area contributed by atoms with E-state index in [0.717, 1.165) is 16.6 Å². The summed E-state index contributed by atoms with van der Waals surface area (Å²) in [6, 6.07) is 12.9. The van der Waals surface area contributed by atoms with Crippen LogP contribution in [0.3, 0.4) is 0 Å². The number of fused-ring (bicyclic) bond motifs is 1. The van der Waals surface area contributed by atoms with Gasteiger partial charge in [0.2, 0.25) is 0 Å². The van der Waals surface area contributed by atoms with Gasteiger partial charge in [-0.2, -0.15) is 0 Å². The standard InChI is InChI=1S/C15H11N3O2/c19-15(20)14-6-5-11(8-17-14)18-12-7-10-3-1-2-4-13(10)16-9-12/h1-9,18H,(H,19,20). The second-order valence-electron chi connectivity index (χ2n) is 4.28. The number of carboxylic acid groups (broad SMARTS) is 1. The Balaban J connectivity index is 1.87. The van der Waals surface area contributed by atoms with Crippen molar-refractivity contribution in [2.24, 2.45) is 0 Å². The molecule has 20 heavy (non-hydrogen) atoms. The van der Waals surface area contributed by atoms with Gasteiger partial charge in [0.25, 0.3) is 0 Å². The Morgan fingerprint density at radius 1 is 1.00 bits per heavy atom. The van der Waals surface area contributed by atoms with Crippen molar-refractivity contribution in [3.8, 4) is 0 Å². The molecule has 0 amide bonds. The third-order valence-electron chi connectivity index (χ3n) is 2.86. The van der Waals surface area contributed by atoms with Gasteiger partial charge in [-0.15, -0.1) is 0 Å². The van der Waals surface area contributed by atoms with E-state index in [-0.39, 0.29) is 5.69 Å². The van der Waals surface area contributed by atoms with Crippen molar-refractivity contribution in [2.75, 3.05) is 5.32 Å². The molecular weight excluding hydrogens is 254 g/mol. The molecule has 0 bridgehead atoms. The van der Waals surface area contributed by atoms with E-state index in [9.17, 15) is 4.79 Å². The Morgan fingerprint density at radius 3 is 2.55 bits per heavy atom. The highest BCUT2D eigenvalue weighted by molar-refractivity contribution is 5.86. The van der Waals surface area contributed by atoms with E-state index in [1.165, 1.54) is 12.3 Å². The minimum absolute atomic E-state index is 0.0205. The van der Waals surface area contributed by atoms with E-state index in [0.29, 0.717) is 5.69 Å². The predicted octanol–water partition coefficient (Wildman–Crippen LogP) is 3.07. The molecule has 0 fully saturated rings. The van der Waals surface area contributed by atoms with Crippen LogP contribution in [0.2, 0.25) is 0 Å². The molecule has 5 nitrogen and oxygen atoms in total. The van der Waals surface area contributed by atoms with E-state index in [1.54, 1.807) is 12.3 Å². The molecule has 0 aliphatic heterocycles. The Hall–Kier alpha value is -2.95. The van der Waals surface area contributed by atoms with E-state index >= 15 is 0 Å². The maximum Gasteiger partial charge on any atom is 0.354 e. The zero-order valence-corrected chi connectivity index (χ0v) is 10.4. The first-order valence-electron chi connectivity index (χ1n) is 6.03. The zero-order chi connectivity index (χ0) is 13.9. The molecule has 0 spiro atoms. The molecule has 2 N–H and O–H groups in total. The van der Waals surface area contributed by atoms with Gasteiger partial charge in [0, 0.05) is 5.39 Å². The lowest BCUT2D eigenvalue weighted by Crippen LogP contribution is -2.00. The van der Waals surface area contributed by atoms with Gasteiger partial charge in [0.15, 0.2) is 0 Å². The van der Waals surface area contributed by atoms with Gasteiger partial charge in [-0.3, -0.25) is 4.98 Å². The van der Waals surface area contributed by atoms with Crippen LogP contribution in [-0.4, -0.2) is 21.0 Å². The van der Waals surface area contributed by atoms with Crippen molar-refractivity contribution in [1.82, 2.24) is 9.97 Å². The molecule has 1 aromatic carbocycles. The summed E-state index contributed by atoms with van der Waals surface area (Å²) in [5.41, 5.74) is 2.49. The maximum atomic E-state index is 10.7. The number of nitrogens with zero attached hydrogens (tertiary/aromatic N) is 2. The van der Waals surface area contributed by atoms with Crippen molar-refractivity contribution in [3.05, 3.63) is 60.6 Å². The first-order chi connectivity index (χ1) is 9.72. The van der Waals surface area contributed by atoms with Crippen LogP contribution in [0.15, 0.2) is 54.9 Å². The second kappa shape index (κ2) is 4.97. The first kappa shape index (κ1) is 12.1. The summed E-state index contributed by atoms with van der Waals surface area (Å²) in [7, 11) is 0. The molecule has 3 rings (SSSR count). The number of benzene rings is 1. The molecule has 0 radical (unpaired) electrons. The molecule has 0 aliphatic rings. The van der Waals surface area contributed by atoms with Crippen molar-refractivity contribution < 1.29 is 9.90 Å². The number of aromatic carboxylic acids is 1. The summed E-state index contributed by atoms with van der Waals surface area (Å²) in [6.45, 7) is 0. The number of rotatable bonds is 3. The van der Waals surface area contributed by atoms with Crippen molar-refractivity contribution >= 4 is 28.2 Å². The Kier molecular flexibility index (Phi) is 3.01. The number of carboxylic acids is 1. The molecule has 2 heterocycles. The summed E-state index contributed by atoms with van der Waals surface area (Å²) < 4.78 is 0. The lowest BCUT2D eigenvalue weighted by atomic mass is 10.2. The molecule has 0 unspecified atom stereocenters. The highest BCUT2D eigenvalue weighted by atomic mass is 16.4. The van der Waals surface area contributed by atoms with Gasteiger partial charge < -0.3 is 10.4 Å². The van der Waals surface area contributed by atoms with Crippen LogP contribution < -0.4 is 5.32 Å². The summed E-state index contributed by atoms with van der Waals surface area (Å²) in [6.07, 6.45) is 3.21. The Bertz CT molecular complexity index is 769. The van der Waals surface area contributed by atoms with Crippen LogP contribution >= 0.6 is 0 Å². The third kappa shape index (κ3) is 2.42. The van der Waals surface area contributed by atoms with Crippen LogP contribution in [0.5, 0.6) is 0 Å². The SMILES string of the molecule is O=C(O)c1ccc(Nc2cnc3ccccc3c2)cn1. The molecule has 0 saturated heterocycles. The van der Waals surface area contributed by atoms with Crippen molar-refractivity contribution in [1.29, 1.82) is 0 Å². The minimum Gasteiger partial charge on any atom is -0.477 e. The average molecular weight is 265 g/mol. The number of hydrogen-bond acceptors (Lipinski definition) is 4. The summed E-state index contributed by atoms with van der Waals surface area (Å²) in [5.74, 6) is -1.04. The predicted molar refractivity (Wildman–Crippen MR) is 76.2 cm³/mol. The van der Waals surface area contributed by atoms with E-state index in [1.807, 2.05) is 30.3 Å². The molecule has 5 heteroatoms. The van der Waals surface area contributed by atoms with Gasteiger partial charge in [0.05, 0.1) is 29.3 Å². The minimum atomic E-state index is -1.04. The molecule has 0 saturated carbocycles. The van der Waals surface area contributed by atoms with Crippen LogP contribution in [0.1, 0.15) is 10.5 Å². The number of aromatic nitrogens is 2. The third-order valence-corrected chi connectivity index (χ3v) is 2.86. The first-order valence-corrected chi connectivity index (χ1v) is 6.03. The number of para-hydroxylation sites is 1. The zero-order valence-electron chi connectivity index (χ0n) is 10.4. The fraction of sp³-hybridized carbons (Fsp3) is 0. The highest BCUT2D eigenvalue weighted by Gasteiger charge is 2.04. The number of pyridine rings is 2. The maximum absolute atomic E-state index is 10.7. The van der Waals surface area contributed by atoms with Crippen LogP contribution in [0.25, 0.3) is 10.9 Å². The van der Waals surface area contributed by atoms with Gasteiger partial charge in [-0.05, 0) is 24.3 Å². The summed E-state index contributed by atoms with van der Waals surface area (Å²) in [4.78, 5) is 18.9. The smallest absolute Gasteiger partial charge is 0.354 e. The quantitative estimate of drug-likeness (QED) is 0.761. The van der Waals surface area contributed by atoms with E-state index < -0.39 is 5.97 Å². The van der Waals surface area contributed by atoms with E-state index in [4.69, 9.17) is 5.11 Å². The molecule has 0 atom stereocenters. The van der Waals surface area contributed by atoms with Gasteiger partial charge >= 0.3 is 5.97 Å². The monoisotopic (exact) mass is 265 g/mol. The molecule has 3 aromatic rings. The van der Waals surface area contributed by atoms with Crippen molar-refractivity contribution in [3.63, 3.8) is 0 Å². The molecule has 98 valence electrons. The normalized spacial score (nSPS) is 10.4. The van der Waals surface area contributed by atoms with Crippen LogP contribution in [0.4, 0.5) is 11.4 Å².